The van der Waals surface area contributed by atoms with Crippen molar-refractivity contribution < 1.29 is 5.11 Å². The number of rotatable bonds is 6. The second-order valence-electron chi connectivity index (χ2n) is 4.31. The zero-order valence-corrected chi connectivity index (χ0v) is 9.89. The van der Waals surface area contributed by atoms with Crippen LogP contribution >= 0.6 is 11.3 Å². The average molecular weight is 212 g/mol. The molecule has 0 aliphatic rings. The van der Waals surface area contributed by atoms with E-state index in [1.54, 1.807) is 11.3 Å². The minimum absolute atomic E-state index is 0.103. The van der Waals surface area contributed by atoms with Gasteiger partial charge in [-0.15, -0.1) is 0 Å². The van der Waals surface area contributed by atoms with Gasteiger partial charge in [0.25, 0.3) is 0 Å². The molecule has 0 saturated heterocycles. The van der Waals surface area contributed by atoms with E-state index in [1.807, 2.05) is 0 Å². The van der Waals surface area contributed by atoms with E-state index < -0.39 is 0 Å². The van der Waals surface area contributed by atoms with E-state index in [2.05, 4.69) is 30.7 Å². The highest BCUT2D eigenvalue weighted by molar-refractivity contribution is 7.07. The Hall–Kier alpha value is -0.340. The number of hydrogen-bond donors (Lipinski definition) is 1. The average Bonchev–Trinajstić information content (AvgIpc) is 2.55. The molecule has 14 heavy (non-hydrogen) atoms. The standard InChI is InChI=1S/C12H20OS/c1-10(2)8-12(13)5-3-4-11-6-7-14-9-11/h6-7,9-10,12-13H,3-5,8H2,1-2H3. The van der Waals surface area contributed by atoms with Gasteiger partial charge < -0.3 is 5.11 Å². The minimum Gasteiger partial charge on any atom is -0.393 e. The summed E-state index contributed by atoms with van der Waals surface area (Å²) in [4.78, 5) is 0. The molecule has 0 aromatic carbocycles. The fourth-order valence-corrected chi connectivity index (χ4v) is 2.34. The molecular weight excluding hydrogens is 192 g/mol. The highest BCUT2D eigenvalue weighted by Crippen LogP contribution is 2.13. The fraction of sp³-hybridized carbons (Fsp3) is 0.667. The Morgan fingerprint density at radius 2 is 2.21 bits per heavy atom. The topological polar surface area (TPSA) is 20.2 Å². The van der Waals surface area contributed by atoms with Crippen molar-refractivity contribution in [3.05, 3.63) is 22.4 Å². The van der Waals surface area contributed by atoms with Gasteiger partial charge in [-0.05, 0) is 54.0 Å². The molecule has 0 aliphatic carbocycles. The molecule has 0 saturated carbocycles. The third kappa shape index (κ3) is 4.77. The van der Waals surface area contributed by atoms with E-state index in [0.717, 1.165) is 25.7 Å². The zero-order chi connectivity index (χ0) is 10.4. The molecule has 0 aliphatic heterocycles. The number of aliphatic hydroxyl groups is 1. The van der Waals surface area contributed by atoms with Crippen LogP contribution in [0.4, 0.5) is 0 Å². The van der Waals surface area contributed by atoms with Gasteiger partial charge in [-0.2, -0.15) is 11.3 Å². The van der Waals surface area contributed by atoms with Crippen LogP contribution in [0.5, 0.6) is 0 Å². The summed E-state index contributed by atoms with van der Waals surface area (Å²) in [7, 11) is 0. The van der Waals surface area contributed by atoms with E-state index in [-0.39, 0.29) is 6.10 Å². The molecule has 1 nitrogen and oxygen atoms in total. The lowest BCUT2D eigenvalue weighted by molar-refractivity contribution is 0.137. The van der Waals surface area contributed by atoms with Gasteiger partial charge in [0, 0.05) is 0 Å². The van der Waals surface area contributed by atoms with E-state index in [4.69, 9.17) is 0 Å². The highest BCUT2D eigenvalue weighted by atomic mass is 32.1. The predicted octanol–water partition coefficient (Wildman–Crippen LogP) is 3.48. The van der Waals surface area contributed by atoms with Gasteiger partial charge in [0.1, 0.15) is 0 Å². The van der Waals surface area contributed by atoms with Crippen molar-refractivity contribution in [2.45, 2.75) is 45.6 Å². The molecule has 80 valence electrons. The molecular formula is C12H20OS. The lowest BCUT2D eigenvalue weighted by atomic mass is 10.0. The Labute approximate surface area is 90.8 Å². The highest BCUT2D eigenvalue weighted by Gasteiger charge is 2.06. The van der Waals surface area contributed by atoms with Crippen molar-refractivity contribution in [1.82, 2.24) is 0 Å². The van der Waals surface area contributed by atoms with Crippen molar-refractivity contribution in [3.8, 4) is 0 Å². The Morgan fingerprint density at radius 3 is 2.79 bits per heavy atom. The monoisotopic (exact) mass is 212 g/mol. The maximum atomic E-state index is 9.65. The Bertz CT molecular complexity index is 228. The summed E-state index contributed by atoms with van der Waals surface area (Å²) in [6.07, 6.45) is 3.98. The van der Waals surface area contributed by atoms with Gasteiger partial charge in [0.2, 0.25) is 0 Å². The summed E-state index contributed by atoms with van der Waals surface area (Å²) in [6, 6.07) is 2.17. The maximum absolute atomic E-state index is 9.65. The van der Waals surface area contributed by atoms with Gasteiger partial charge >= 0.3 is 0 Å². The van der Waals surface area contributed by atoms with Crippen molar-refractivity contribution in [3.63, 3.8) is 0 Å². The maximum Gasteiger partial charge on any atom is 0.0542 e. The van der Waals surface area contributed by atoms with Crippen LogP contribution in [0, 0.1) is 5.92 Å². The van der Waals surface area contributed by atoms with Crippen LogP contribution in [0.15, 0.2) is 16.8 Å². The van der Waals surface area contributed by atoms with Crippen LogP contribution in [-0.2, 0) is 6.42 Å². The van der Waals surface area contributed by atoms with Gasteiger partial charge in [0.15, 0.2) is 0 Å². The molecule has 0 fully saturated rings. The van der Waals surface area contributed by atoms with Gasteiger partial charge in [-0.3, -0.25) is 0 Å². The summed E-state index contributed by atoms with van der Waals surface area (Å²) in [5.74, 6) is 0.603. The second kappa shape index (κ2) is 6.20. The summed E-state index contributed by atoms with van der Waals surface area (Å²) < 4.78 is 0. The largest absolute Gasteiger partial charge is 0.393 e. The van der Waals surface area contributed by atoms with Crippen molar-refractivity contribution in [1.29, 1.82) is 0 Å². The molecule has 1 N–H and O–H groups in total. The summed E-state index contributed by atoms with van der Waals surface area (Å²) in [6.45, 7) is 4.31. The molecule has 1 rings (SSSR count). The third-order valence-electron chi connectivity index (χ3n) is 2.33. The predicted molar refractivity (Wildman–Crippen MR) is 62.7 cm³/mol. The summed E-state index contributed by atoms with van der Waals surface area (Å²) in [5.41, 5.74) is 1.41. The van der Waals surface area contributed by atoms with E-state index in [9.17, 15) is 5.11 Å². The number of thiophene rings is 1. The Kier molecular flexibility index (Phi) is 5.20. The molecule has 1 heterocycles. The first kappa shape index (κ1) is 11.7. The Morgan fingerprint density at radius 1 is 1.43 bits per heavy atom. The molecule has 1 aromatic heterocycles. The minimum atomic E-state index is -0.103. The van der Waals surface area contributed by atoms with Crippen molar-refractivity contribution in [2.75, 3.05) is 0 Å². The third-order valence-corrected chi connectivity index (χ3v) is 3.06. The van der Waals surface area contributed by atoms with Crippen LogP contribution in [0.3, 0.4) is 0 Å². The number of hydrogen-bond acceptors (Lipinski definition) is 2. The van der Waals surface area contributed by atoms with E-state index in [0.29, 0.717) is 5.92 Å². The van der Waals surface area contributed by atoms with Gasteiger partial charge in [-0.1, -0.05) is 13.8 Å². The summed E-state index contributed by atoms with van der Waals surface area (Å²) in [5, 5.41) is 14.0. The lowest BCUT2D eigenvalue weighted by Gasteiger charge is -2.12. The number of aryl methyl sites for hydroxylation is 1. The van der Waals surface area contributed by atoms with Gasteiger partial charge in [0.05, 0.1) is 6.10 Å². The first-order valence-electron chi connectivity index (χ1n) is 5.37. The second-order valence-corrected chi connectivity index (χ2v) is 5.09. The Balaban J connectivity index is 2.09. The van der Waals surface area contributed by atoms with Crippen LogP contribution < -0.4 is 0 Å². The van der Waals surface area contributed by atoms with Crippen molar-refractivity contribution in [2.24, 2.45) is 5.92 Å². The summed E-state index contributed by atoms with van der Waals surface area (Å²) >= 11 is 1.75. The molecule has 1 aromatic rings. The van der Waals surface area contributed by atoms with E-state index in [1.165, 1.54) is 5.56 Å². The van der Waals surface area contributed by atoms with Crippen LogP contribution in [0.1, 0.15) is 38.7 Å². The fourth-order valence-electron chi connectivity index (χ4n) is 1.64. The lowest BCUT2D eigenvalue weighted by Crippen LogP contribution is -2.10. The van der Waals surface area contributed by atoms with Crippen LogP contribution in [-0.4, -0.2) is 11.2 Å². The molecule has 0 spiro atoms. The first-order valence-corrected chi connectivity index (χ1v) is 6.32. The van der Waals surface area contributed by atoms with Crippen molar-refractivity contribution >= 4 is 11.3 Å². The molecule has 2 heteroatoms. The first-order chi connectivity index (χ1) is 6.68. The molecule has 0 bridgehead atoms. The molecule has 1 atom stereocenters. The number of aliphatic hydroxyl groups excluding tert-OH is 1. The van der Waals surface area contributed by atoms with E-state index >= 15 is 0 Å². The smallest absolute Gasteiger partial charge is 0.0542 e. The molecule has 0 amide bonds. The van der Waals surface area contributed by atoms with Crippen LogP contribution in [0.25, 0.3) is 0 Å². The zero-order valence-electron chi connectivity index (χ0n) is 9.07. The molecule has 0 radical (unpaired) electrons. The van der Waals surface area contributed by atoms with Gasteiger partial charge in [-0.25, -0.2) is 0 Å². The quantitative estimate of drug-likeness (QED) is 0.765. The van der Waals surface area contributed by atoms with Crippen LogP contribution in [0.2, 0.25) is 0 Å². The SMILES string of the molecule is CC(C)CC(O)CCCc1ccsc1. The normalized spacial score (nSPS) is 13.4. The molecule has 1 unspecified atom stereocenters.